The van der Waals surface area contributed by atoms with Crippen LogP contribution in [0.5, 0.6) is 0 Å². The maximum atomic E-state index is 13.3. The van der Waals surface area contributed by atoms with E-state index < -0.39 is 6.17 Å². The SMILES string of the molecule is Cc1cc(=O)n2c(n1)NC(=NCc1ccc(Cl)cc1)NC2c1ccc(F)cc1. The van der Waals surface area contributed by atoms with Crippen molar-refractivity contribution in [2.75, 3.05) is 5.32 Å². The number of hydrogen-bond acceptors (Lipinski definition) is 3. The molecule has 0 spiro atoms. The monoisotopic (exact) mass is 397 g/mol. The van der Waals surface area contributed by atoms with E-state index in [9.17, 15) is 9.18 Å². The van der Waals surface area contributed by atoms with Gasteiger partial charge in [0.25, 0.3) is 5.56 Å². The van der Waals surface area contributed by atoms with Crippen molar-refractivity contribution in [2.24, 2.45) is 4.99 Å². The van der Waals surface area contributed by atoms with Crippen molar-refractivity contribution in [1.29, 1.82) is 0 Å². The molecule has 1 unspecified atom stereocenters. The predicted octanol–water partition coefficient (Wildman–Crippen LogP) is 3.46. The van der Waals surface area contributed by atoms with Crippen molar-refractivity contribution in [2.45, 2.75) is 19.6 Å². The van der Waals surface area contributed by atoms with Crippen molar-refractivity contribution in [3.05, 3.63) is 92.6 Å². The number of aryl methyl sites for hydroxylation is 1. The Morgan fingerprint density at radius 3 is 2.61 bits per heavy atom. The molecular weight excluding hydrogens is 381 g/mol. The maximum absolute atomic E-state index is 13.3. The fourth-order valence-electron chi connectivity index (χ4n) is 3.00. The van der Waals surface area contributed by atoms with E-state index in [-0.39, 0.29) is 11.4 Å². The lowest BCUT2D eigenvalue weighted by molar-refractivity contribution is 0.513. The molecule has 0 amide bonds. The minimum atomic E-state index is -0.554. The van der Waals surface area contributed by atoms with Crippen LogP contribution < -0.4 is 16.2 Å². The van der Waals surface area contributed by atoms with Crippen molar-refractivity contribution >= 4 is 23.5 Å². The molecule has 0 bridgehead atoms. The van der Waals surface area contributed by atoms with Gasteiger partial charge in [0.1, 0.15) is 12.0 Å². The van der Waals surface area contributed by atoms with Crippen LogP contribution in [-0.4, -0.2) is 15.5 Å². The van der Waals surface area contributed by atoms with E-state index in [2.05, 4.69) is 20.6 Å². The standard InChI is InChI=1S/C20H17ClFN5O/c1-12-10-17(28)27-18(14-4-8-16(22)9-5-14)25-19(26-20(27)24-12)23-11-13-2-6-15(21)7-3-13/h2-10,18H,11H2,1H3,(H2,23,24,25,26). The Labute approximate surface area is 165 Å². The number of benzene rings is 2. The molecule has 4 rings (SSSR count). The van der Waals surface area contributed by atoms with Gasteiger partial charge in [-0.25, -0.2) is 14.4 Å². The van der Waals surface area contributed by atoms with E-state index >= 15 is 0 Å². The number of aliphatic imine (C=N–C) groups is 1. The molecule has 2 aromatic carbocycles. The Bertz CT molecular complexity index is 1090. The average molecular weight is 398 g/mol. The highest BCUT2D eigenvalue weighted by molar-refractivity contribution is 6.30. The van der Waals surface area contributed by atoms with Crippen LogP contribution in [0.2, 0.25) is 5.02 Å². The van der Waals surface area contributed by atoms with Gasteiger partial charge < -0.3 is 5.32 Å². The largest absolute Gasteiger partial charge is 0.331 e. The third kappa shape index (κ3) is 3.75. The summed E-state index contributed by atoms with van der Waals surface area (Å²) in [6, 6.07) is 14.8. The molecule has 1 aliphatic heterocycles. The van der Waals surface area contributed by atoms with E-state index in [0.717, 1.165) is 11.1 Å². The number of rotatable bonds is 3. The summed E-state index contributed by atoms with van der Waals surface area (Å²) in [7, 11) is 0. The summed E-state index contributed by atoms with van der Waals surface area (Å²) in [4.78, 5) is 21.6. The first-order chi connectivity index (χ1) is 13.5. The lowest BCUT2D eigenvalue weighted by Gasteiger charge is -2.31. The second-order valence-electron chi connectivity index (χ2n) is 6.44. The quantitative estimate of drug-likeness (QED) is 0.710. The lowest BCUT2D eigenvalue weighted by atomic mass is 10.1. The smallest absolute Gasteiger partial charge is 0.257 e. The van der Waals surface area contributed by atoms with Crippen molar-refractivity contribution in [1.82, 2.24) is 14.9 Å². The molecule has 1 atom stereocenters. The summed E-state index contributed by atoms with van der Waals surface area (Å²) in [5, 5.41) is 6.92. The summed E-state index contributed by atoms with van der Waals surface area (Å²) in [6.07, 6.45) is -0.554. The number of halogens is 2. The molecule has 3 aromatic rings. The number of nitrogens with one attached hydrogen (secondary N) is 2. The number of nitrogens with zero attached hydrogens (tertiary/aromatic N) is 3. The summed E-state index contributed by atoms with van der Waals surface area (Å²) >= 11 is 5.92. The van der Waals surface area contributed by atoms with Crippen LogP contribution in [0.15, 0.2) is 64.4 Å². The molecule has 0 fully saturated rings. The topological polar surface area (TPSA) is 71.3 Å². The zero-order valence-corrected chi connectivity index (χ0v) is 15.7. The molecule has 1 aromatic heterocycles. The van der Waals surface area contributed by atoms with Gasteiger partial charge in [-0.1, -0.05) is 35.9 Å². The predicted molar refractivity (Wildman–Crippen MR) is 107 cm³/mol. The molecule has 0 aliphatic carbocycles. The minimum absolute atomic E-state index is 0.214. The van der Waals surface area contributed by atoms with Crippen LogP contribution in [-0.2, 0) is 6.54 Å². The zero-order chi connectivity index (χ0) is 19.7. The third-order valence-corrected chi connectivity index (χ3v) is 4.61. The van der Waals surface area contributed by atoms with Gasteiger partial charge in [0.05, 0.1) is 6.54 Å². The molecule has 142 valence electrons. The Balaban J connectivity index is 1.71. The number of guanidine groups is 1. The van der Waals surface area contributed by atoms with E-state index in [1.54, 1.807) is 31.2 Å². The average Bonchev–Trinajstić information content (AvgIpc) is 2.67. The fourth-order valence-corrected chi connectivity index (χ4v) is 3.13. The number of aromatic nitrogens is 2. The summed E-state index contributed by atoms with van der Waals surface area (Å²) in [5.41, 5.74) is 2.09. The Kier molecular flexibility index (Phi) is 4.83. The Morgan fingerprint density at radius 1 is 1.18 bits per heavy atom. The zero-order valence-electron chi connectivity index (χ0n) is 15.0. The van der Waals surface area contributed by atoms with Gasteiger partial charge in [0, 0.05) is 16.8 Å². The van der Waals surface area contributed by atoms with Gasteiger partial charge in [-0.05, 0) is 42.3 Å². The molecular formula is C20H17ClFN5O. The first kappa shape index (κ1) is 18.2. The van der Waals surface area contributed by atoms with Crippen LogP contribution >= 0.6 is 11.6 Å². The number of hydrogen-bond donors (Lipinski definition) is 2. The van der Waals surface area contributed by atoms with E-state index in [4.69, 9.17) is 11.6 Å². The highest BCUT2D eigenvalue weighted by atomic mass is 35.5. The molecule has 0 saturated heterocycles. The van der Waals surface area contributed by atoms with Crippen molar-refractivity contribution < 1.29 is 4.39 Å². The lowest BCUT2D eigenvalue weighted by Crippen LogP contribution is -2.48. The molecule has 6 nitrogen and oxygen atoms in total. The molecule has 0 radical (unpaired) electrons. The molecule has 8 heteroatoms. The normalized spacial score (nSPS) is 17.0. The summed E-state index contributed by atoms with van der Waals surface area (Å²) in [6.45, 7) is 2.17. The van der Waals surface area contributed by atoms with Crippen LogP contribution in [0.4, 0.5) is 10.3 Å². The second-order valence-corrected chi connectivity index (χ2v) is 6.88. The highest BCUT2D eigenvalue weighted by Crippen LogP contribution is 2.22. The van der Waals surface area contributed by atoms with Gasteiger partial charge in [-0.2, -0.15) is 0 Å². The number of anilines is 1. The third-order valence-electron chi connectivity index (χ3n) is 4.36. The summed E-state index contributed by atoms with van der Waals surface area (Å²) < 4.78 is 14.8. The highest BCUT2D eigenvalue weighted by Gasteiger charge is 2.26. The first-order valence-electron chi connectivity index (χ1n) is 8.68. The Hall–Kier alpha value is -3.19. The fraction of sp³-hybridized carbons (Fsp3) is 0.150. The first-order valence-corrected chi connectivity index (χ1v) is 9.05. The van der Waals surface area contributed by atoms with Gasteiger partial charge in [0.2, 0.25) is 5.95 Å². The van der Waals surface area contributed by atoms with Crippen LogP contribution in [0.3, 0.4) is 0 Å². The maximum Gasteiger partial charge on any atom is 0.257 e. The molecule has 2 N–H and O–H groups in total. The van der Waals surface area contributed by atoms with Crippen LogP contribution in [0.25, 0.3) is 0 Å². The number of fused-ring (bicyclic) bond motifs is 1. The van der Waals surface area contributed by atoms with Gasteiger partial charge >= 0.3 is 0 Å². The van der Waals surface area contributed by atoms with E-state index in [0.29, 0.717) is 29.2 Å². The molecule has 0 saturated carbocycles. The van der Waals surface area contributed by atoms with Crippen molar-refractivity contribution in [3.8, 4) is 0 Å². The molecule has 28 heavy (non-hydrogen) atoms. The van der Waals surface area contributed by atoms with E-state index in [1.165, 1.54) is 22.8 Å². The minimum Gasteiger partial charge on any atom is -0.331 e. The summed E-state index contributed by atoms with van der Waals surface area (Å²) in [5.74, 6) is 0.513. The van der Waals surface area contributed by atoms with Crippen molar-refractivity contribution in [3.63, 3.8) is 0 Å². The van der Waals surface area contributed by atoms with Gasteiger partial charge in [-0.15, -0.1) is 0 Å². The molecule has 1 aliphatic rings. The van der Waals surface area contributed by atoms with Gasteiger partial charge in [0.15, 0.2) is 5.96 Å². The second kappa shape index (κ2) is 7.44. The van der Waals surface area contributed by atoms with Gasteiger partial charge in [-0.3, -0.25) is 14.7 Å². The van der Waals surface area contributed by atoms with Crippen LogP contribution in [0.1, 0.15) is 23.0 Å². The van der Waals surface area contributed by atoms with E-state index in [1.807, 2.05) is 12.1 Å². The molecule has 2 heterocycles. The van der Waals surface area contributed by atoms with Crippen LogP contribution in [0, 0.1) is 12.7 Å². The Morgan fingerprint density at radius 2 is 1.89 bits per heavy atom.